The minimum absolute atomic E-state index is 0.320. The lowest BCUT2D eigenvalue weighted by Gasteiger charge is -2.25. The molecule has 0 spiro atoms. The molecule has 3 heteroatoms. The fraction of sp³-hybridized carbons (Fsp3) is 0.727. The van der Waals surface area contributed by atoms with Gasteiger partial charge in [0.1, 0.15) is 5.54 Å². The van der Waals surface area contributed by atoms with Gasteiger partial charge in [-0.25, -0.2) is 0 Å². The molecule has 0 aromatic carbocycles. The Hall–Kier alpha value is -0.850. The van der Waals surface area contributed by atoms with Crippen LogP contribution in [0.5, 0.6) is 0 Å². The van der Waals surface area contributed by atoms with E-state index < -0.39 is 0 Å². The smallest absolute Gasteiger partial charge is 0.108 e. The first-order valence-electron chi connectivity index (χ1n) is 5.18. The zero-order valence-corrected chi connectivity index (χ0v) is 8.92. The molecule has 0 aliphatic carbocycles. The van der Waals surface area contributed by atoms with E-state index in [0.29, 0.717) is 0 Å². The summed E-state index contributed by atoms with van der Waals surface area (Å²) in [5.41, 5.74) is -0.320. The molecule has 1 aliphatic rings. The summed E-state index contributed by atoms with van der Waals surface area (Å²) in [6.45, 7) is 6.48. The van der Waals surface area contributed by atoms with Gasteiger partial charge in [0, 0.05) is 13.1 Å². The van der Waals surface area contributed by atoms with E-state index in [4.69, 9.17) is 0 Å². The highest BCUT2D eigenvalue weighted by molar-refractivity contribution is 5.09. The maximum absolute atomic E-state index is 9.21. The van der Waals surface area contributed by atoms with Gasteiger partial charge in [-0.1, -0.05) is 6.08 Å². The predicted molar refractivity (Wildman–Crippen MR) is 57.9 cm³/mol. The van der Waals surface area contributed by atoms with Gasteiger partial charge in [-0.3, -0.25) is 5.32 Å². The molecule has 0 bridgehead atoms. The summed E-state index contributed by atoms with van der Waals surface area (Å²) >= 11 is 0. The van der Waals surface area contributed by atoms with E-state index in [1.165, 1.54) is 0 Å². The molecule has 0 saturated carbocycles. The Morgan fingerprint density at radius 1 is 1.57 bits per heavy atom. The van der Waals surface area contributed by atoms with Gasteiger partial charge in [-0.2, -0.15) is 5.26 Å². The summed E-state index contributed by atoms with van der Waals surface area (Å²) in [5.74, 6) is 0. The van der Waals surface area contributed by atoms with Crippen LogP contribution in [0.15, 0.2) is 12.7 Å². The number of rotatable bonds is 3. The molecule has 0 aromatic heterocycles. The van der Waals surface area contributed by atoms with Crippen molar-refractivity contribution in [3.05, 3.63) is 12.7 Å². The Bertz CT molecular complexity index is 231. The van der Waals surface area contributed by atoms with Gasteiger partial charge in [-0.05, 0) is 32.9 Å². The lowest BCUT2D eigenvalue weighted by molar-refractivity contribution is 0.331. The topological polar surface area (TPSA) is 39.1 Å². The molecular weight excluding hydrogens is 174 g/mol. The monoisotopic (exact) mass is 193 g/mol. The first kappa shape index (κ1) is 11.2. The molecule has 0 radical (unpaired) electrons. The van der Waals surface area contributed by atoms with E-state index in [-0.39, 0.29) is 5.54 Å². The SMILES string of the molecule is C=CCNC1(C#N)CCCN(C)CC1. The zero-order valence-electron chi connectivity index (χ0n) is 8.92. The third-order valence-electron chi connectivity index (χ3n) is 2.86. The Kier molecular flexibility index (Phi) is 4.12. The number of hydrogen-bond donors (Lipinski definition) is 1. The normalized spacial score (nSPS) is 29.1. The number of nitrogens with one attached hydrogen (secondary N) is 1. The van der Waals surface area contributed by atoms with E-state index in [2.05, 4.69) is 29.9 Å². The second-order valence-corrected chi connectivity index (χ2v) is 4.02. The number of likely N-dealkylation sites (tertiary alicyclic amines) is 1. The summed E-state index contributed by atoms with van der Waals surface area (Å²) < 4.78 is 0. The third-order valence-corrected chi connectivity index (χ3v) is 2.86. The van der Waals surface area contributed by atoms with Crippen molar-refractivity contribution in [2.45, 2.75) is 24.8 Å². The number of hydrogen-bond acceptors (Lipinski definition) is 3. The zero-order chi connectivity index (χ0) is 10.4. The molecule has 0 amide bonds. The highest BCUT2D eigenvalue weighted by Gasteiger charge is 2.30. The molecule has 1 unspecified atom stereocenters. The van der Waals surface area contributed by atoms with Gasteiger partial charge >= 0.3 is 0 Å². The predicted octanol–water partition coefficient (Wildman–Crippen LogP) is 1.14. The van der Waals surface area contributed by atoms with Gasteiger partial charge in [-0.15, -0.1) is 6.58 Å². The summed E-state index contributed by atoms with van der Waals surface area (Å²) in [5, 5.41) is 12.5. The molecule has 0 aromatic rings. The molecule has 1 saturated heterocycles. The van der Waals surface area contributed by atoms with Crippen LogP contribution in [0.1, 0.15) is 19.3 Å². The quantitative estimate of drug-likeness (QED) is 0.683. The average molecular weight is 193 g/mol. The van der Waals surface area contributed by atoms with Crippen LogP contribution >= 0.6 is 0 Å². The molecule has 1 atom stereocenters. The maximum atomic E-state index is 9.21. The van der Waals surface area contributed by atoms with E-state index in [1.54, 1.807) is 0 Å². The average Bonchev–Trinajstić information content (AvgIpc) is 2.39. The van der Waals surface area contributed by atoms with Crippen LogP contribution in [-0.2, 0) is 0 Å². The Balaban J connectivity index is 2.58. The number of nitriles is 1. The molecule has 1 fully saturated rings. The molecule has 1 aliphatic heterocycles. The largest absolute Gasteiger partial charge is 0.306 e. The van der Waals surface area contributed by atoms with Crippen molar-refractivity contribution in [3.63, 3.8) is 0 Å². The van der Waals surface area contributed by atoms with Gasteiger partial charge in [0.05, 0.1) is 6.07 Å². The first-order valence-corrected chi connectivity index (χ1v) is 5.18. The molecule has 14 heavy (non-hydrogen) atoms. The highest BCUT2D eigenvalue weighted by Crippen LogP contribution is 2.20. The van der Waals surface area contributed by atoms with Crippen LogP contribution in [-0.4, -0.2) is 37.1 Å². The summed E-state index contributed by atoms with van der Waals surface area (Å²) in [4.78, 5) is 2.29. The second-order valence-electron chi connectivity index (χ2n) is 4.02. The Labute approximate surface area is 86.4 Å². The van der Waals surface area contributed by atoms with Crippen molar-refractivity contribution < 1.29 is 0 Å². The minimum Gasteiger partial charge on any atom is -0.306 e. The Morgan fingerprint density at radius 3 is 3.00 bits per heavy atom. The van der Waals surface area contributed by atoms with Crippen LogP contribution < -0.4 is 5.32 Å². The van der Waals surface area contributed by atoms with Crippen molar-refractivity contribution in [2.75, 3.05) is 26.7 Å². The molecule has 1 N–H and O–H groups in total. The Morgan fingerprint density at radius 2 is 2.36 bits per heavy atom. The van der Waals surface area contributed by atoms with Crippen molar-refractivity contribution in [1.29, 1.82) is 5.26 Å². The van der Waals surface area contributed by atoms with Crippen molar-refractivity contribution in [2.24, 2.45) is 0 Å². The van der Waals surface area contributed by atoms with Crippen molar-refractivity contribution in [1.82, 2.24) is 10.2 Å². The van der Waals surface area contributed by atoms with Crippen LogP contribution in [0.3, 0.4) is 0 Å². The van der Waals surface area contributed by atoms with Gasteiger partial charge in [0.25, 0.3) is 0 Å². The van der Waals surface area contributed by atoms with E-state index >= 15 is 0 Å². The van der Waals surface area contributed by atoms with Crippen molar-refractivity contribution >= 4 is 0 Å². The van der Waals surface area contributed by atoms with Crippen LogP contribution in [0, 0.1) is 11.3 Å². The minimum atomic E-state index is -0.320. The van der Waals surface area contributed by atoms with Crippen LogP contribution in [0.2, 0.25) is 0 Å². The van der Waals surface area contributed by atoms with Crippen molar-refractivity contribution in [3.8, 4) is 6.07 Å². The molecule has 78 valence electrons. The molecule has 1 heterocycles. The fourth-order valence-electron chi connectivity index (χ4n) is 1.86. The lowest BCUT2D eigenvalue weighted by Crippen LogP contribution is -2.44. The summed E-state index contributed by atoms with van der Waals surface area (Å²) in [6, 6.07) is 2.43. The lowest BCUT2D eigenvalue weighted by atomic mass is 9.92. The number of nitrogens with zero attached hydrogens (tertiary/aromatic N) is 2. The summed E-state index contributed by atoms with van der Waals surface area (Å²) in [7, 11) is 2.11. The molecule has 3 nitrogen and oxygen atoms in total. The third kappa shape index (κ3) is 2.83. The second kappa shape index (κ2) is 5.14. The van der Waals surface area contributed by atoms with E-state index in [9.17, 15) is 5.26 Å². The van der Waals surface area contributed by atoms with E-state index in [1.807, 2.05) is 6.08 Å². The van der Waals surface area contributed by atoms with Gasteiger partial charge in [0.15, 0.2) is 0 Å². The van der Waals surface area contributed by atoms with Gasteiger partial charge < -0.3 is 4.90 Å². The van der Waals surface area contributed by atoms with E-state index in [0.717, 1.165) is 38.9 Å². The fourth-order valence-corrected chi connectivity index (χ4v) is 1.86. The summed E-state index contributed by atoms with van der Waals surface area (Å²) in [6.07, 6.45) is 4.76. The molecular formula is C11H19N3. The van der Waals surface area contributed by atoms with Crippen LogP contribution in [0.4, 0.5) is 0 Å². The first-order chi connectivity index (χ1) is 6.72. The maximum Gasteiger partial charge on any atom is 0.108 e. The standard InChI is InChI=1S/C11H19N3/c1-3-7-13-11(10-12)5-4-8-14(2)9-6-11/h3,13H,1,4-9H2,2H3. The van der Waals surface area contributed by atoms with Gasteiger partial charge in [0.2, 0.25) is 0 Å². The molecule has 1 rings (SSSR count). The van der Waals surface area contributed by atoms with Crippen LogP contribution in [0.25, 0.3) is 0 Å². The highest BCUT2D eigenvalue weighted by atomic mass is 15.1.